The van der Waals surface area contributed by atoms with E-state index in [1.54, 1.807) is 54.6 Å². The molecule has 0 spiro atoms. The summed E-state index contributed by atoms with van der Waals surface area (Å²) in [6.07, 6.45) is 0. The van der Waals surface area contributed by atoms with Gasteiger partial charge in [0.2, 0.25) is 5.82 Å². The number of para-hydroxylation sites is 1. The third kappa shape index (κ3) is 3.63. The second-order valence-corrected chi connectivity index (χ2v) is 7.09. The van der Waals surface area contributed by atoms with E-state index in [0.717, 1.165) is 0 Å². The number of rotatable bonds is 5. The normalized spacial score (nSPS) is 15.7. The lowest BCUT2D eigenvalue weighted by Gasteiger charge is -2.36. The number of hydrogen-bond acceptors (Lipinski definition) is 10. The number of nitrogens with two attached hydrogens (primary N) is 1. The van der Waals surface area contributed by atoms with Crippen molar-refractivity contribution in [2.75, 3.05) is 19.1 Å². The standard InChI is InChI=1S/C23H19N7O4/c1-33-22(31)18-17(13-8-4-3-5-9-13)15(12-24)20(25)30(19(18)23(32)34-2)16-11-7-6-10-14(16)21-26-28-29-27-21/h3-11,17H,25H2,1-2H3,(H,26,27,28,29). The molecule has 170 valence electrons. The van der Waals surface area contributed by atoms with Crippen LogP contribution >= 0.6 is 0 Å². The van der Waals surface area contributed by atoms with Crippen LogP contribution in [-0.2, 0) is 19.1 Å². The minimum absolute atomic E-state index is 0.0552. The van der Waals surface area contributed by atoms with Gasteiger partial charge < -0.3 is 15.2 Å². The van der Waals surface area contributed by atoms with Gasteiger partial charge in [-0.25, -0.2) is 9.59 Å². The Morgan fingerprint density at radius 1 is 1.06 bits per heavy atom. The number of carbonyl (C=O) groups is 2. The lowest BCUT2D eigenvalue weighted by atomic mass is 9.80. The van der Waals surface area contributed by atoms with Crippen LogP contribution in [0.1, 0.15) is 11.5 Å². The summed E-state index contributed by atoms with van der Waals surface area (Å²) in [7, 11) is 2.38. The number of tetrazole rings is 1. The largest absolute Gasteiger partial charge is 0.466 e. The van der Waals surface area contributed by atoms with Crippen LogP contribution in [0.25, 0.3) is 11.4 Å². The topological polar surface area (TPSA) is 160 Å². The van der Waals surface area contributed by atoms with Gasteiger partial charge in [-0.15, -0.1) is 10.2 Å². The number of nitrogens with zero attached hydrogens (tertiary/aromatic N) is 5. The van der Waals surface area contributed by atoms with E-state index in [-0.39, 0.29) is 28.5 Å². The number of allylic oxidation sites excluding steroid dienone is 1. The van der Waals surface area contributed by atoms with Crippen LogP contribution in [0.3, 0.4) is 0 Å². The average Bonchev–Trinajstić information content (AvgIpc) is 3.42. The number of nitriles is 1. The number of anilines is 1. The van der Waals surface area contributed by atoms with Gasteiger partial charge in [-0.3, -0.25) is 4.90 Å². The van der Waals surface area contributed by atoms with Gasteiger partial charge in [0.1, 0.15) is 11.5 Å². The smallest absolute Gasteiger partial charge is 0.355 e. The van der Waals surface area contributed by atoms with E-state index >= 15 is 0 Å². The highest BCUT2D eigenvalue weighted by Gasteiger charge is 2.43. The summed E-state index contributed by atoms with van der Waals surface area (Å²) in [4.78, 5) is 27.6. The number of carbonyl (C=O) groups excluding carboxylic acids is 2. The number of esters is 2. The van der Waals surface area contributed by atoms with Gasteiger partial charge in [-0.1, -0.05) is 42.5 Å². The van der Waals surface area contributed by atoms with Crippen molar-refractivity contribution in [2.24, 2.45) is 5.73 Å². The number of methoxy groups -OCH3 is 2. The van der Waals surface area contributed by atoms with E-state index in [9.17, 15) is 14.9 Å². The highest BCUT2D eigenvalue weighted by Crippen LogP contribution is 2.44. The number of aromatic nitrogens is 4. The van der Waals surface area contributed by atoms with Crippen molar-refractivity contribution in [3.8, 4) is 17.5 Å². The van der Waals surface area contributed by atoms with Crippen molar-refractivity contribution < 1.29 is 19.1 Å². The van der Waals surface area contributed by atoms with E-state index in [1.165, 1.54) is 19.1 Å². The number of hydrogen-bond donors (Lipinski definition) is 2. The summed E-state index contributed by atoms with van der Waals surface area (Å²) in [6.45, 7) is 0. The molecule has 2 aromatic carbocycles. The number of aromatic amines is 1. The molecule has 0 aliphatic carbocycles. The van der Waals surface area contributed by atoms with Crippen LogP contribution < -0.4 is 10.6 Å². The molecule has 1 aliphatic rings. The maximum Gasteiger partial charge on any atom is 0.355 e. The summed E-state index contributed by atoms with van der Waals surface area (Å²) >= 11 is 0. The Morgan fingerprint density at radius 3 is 2.35 bits per heavy atom. The van der Waals surface area contributed by atoms with Crippen LogP contribution in [0.5, 0.6) is 0 Å². The summed E-state index contributed by atoms with van der Waals surface area (Å²) in [5.74, 6) is -2.45. The average molecular weight is 457 g/mol. The predicted octanol–water partition coefficient (Wildman–Crippen LogP) is 1.76. The Hall–Kier alpha value is -4.98. The van der Waals surface area contributed by atoms with E-state index in [1.807, 2.05) is 0 Å². The van der Waals surface area contributed by atoms with E-state index in [2.05, 4.69) is 26.7 Å². The van der Waals surface area contributed by atoms with E-state index in [4.69, 9.17) is 15.2 Å². The molecule has 1 unspecified atom stereocenters. The Labute approximate surface area is 194 Å². The number of ether oxygens (including phenoxy) is 2. The Morgan fingerprint density at radius 2 is 1.74 bits per heavy atom. The minimum atomic E-state index is -0.957. The molecule has 2 heterocycles. The van der Waals surface area contributed by atoms with Gasteiger partial charge in [0.25, 0.3) is 0 Å². The minimum Gasteiger partial charge on any atom is -0.466 e. The van der Waals surface area contributed by atoms with Gasteiger partial charge in [-0.05, 0) is 22.9 Å². The van der Waals surface area contributed by atoms with Gasteiger partial charge in [0, 0.05) is 5.56 Å². The molecule has 3 aromatic rings. The molecule has 0 saturated heterocycles. The molecule has 34 heavy (non-hydrogen) atoms. The predicted molar refractivity (Wildman–Crippen MR) is 119 cm³/mol. The van der Waals surface area contributed by atoms with Gasteiger partial charge >= 0.3 is 11.9 Å². The van der Waals surface area contributed by atoms with Crippen molar-refractivity contribution in [3.05, 3.63) is 82.8 Å². The molecule has 1 aliphatic heterocycles. The third-order valence-corrected chi connectivity index (χ3v) is 5.34. The van der Waals surface area contributed by atoms with E-state index in [0.29, 0.717) is 16.8 Å². The zero-order valence-electron chi connectivity index (χ0n) is 18.2. The van der Waals surface area contributed by atoms with Crippen molar-refractivity contribution in [1.29, 1.82) is 5.26 Å². The maximum absolute atomic E-state index is 13.2. The first kappa shape index (κ1) is 22.2. The lowest BCUT2D eigenvalue weighted by molar-refractivity contribution is -0.139. The van der Waals surface area contributed by atoms with Gasteiger partial charge in [-0.2, -0.15) is 10.5 Å². The molecule has 0 bridgehead atoms. The van der Waals surface area contributed by atoms with Crippen molar-refractivity contribution in [1.82, 2.24) is 20.6 Å². The van der Waals surface area contributed by atoms with Gasteiger partial charge in [0.15, 0.2) is 0 Å². The summed E-state index contributed by atoms with van der Waals surface area (Å²) in [6, 6.07) is 17.7. The fourth-order valence-electron chi connectivity index (χ4n) is 3.90. The van der Waals surface area contributed by atoms with Crippen LogP contribution in [0.2, 0.25) is 0 Å². The third-order valence-electron chi connectivity index (χ3n) is 5.34. The molecule has 0 radical (unpaired) electrons. The second-order valence-electron chi connectivity index (χ2n) is 7.09. The van der Waals surface area contributed by atoms with Crippen molar-refractivity contribution in [3.63, 3.8) is 0 Å². The van der Waals surface area contributed by atoms with Crippen molar-refractivity contribution >= 4 is 17.6 Å². The fraction of sp³-hybridized carbons (Fsp3) is 0.130. The quantitative estimate of drug-likeness (QED) is 0.540. The van der Waals surface area contributed by atoms with Crippen LogP contribution in [0, 0.1) is 11.3 Å². The summed E-state index contributed by atoms with van der Waals surface area (Å²) in [5.41, 5.74) is 7.67. The van der Waals surface area contributed by atoms with Gasteiger partial charge in [0.05, 0.1) is 43.0 Å². The first-order valence-corrected chi connectivity index (χ1v) is 10.0. The molecule has 1 atom stereocenters. The first-order chi connectivity index (χ1) is 16.5. The molecule has 0 saturated carbocycles. The Bertz CT molecular complexity index is 1340. The first-order valence-electron chi connectivity index (χ1n) is 10.0. The molecule has 0 amide bonds. The molecular weight excluding hydrogens is 438 g/mol. The molecule has 0 fully saturated rings. The Kier molecular flexibility index (Phi) is 6.05. The fourth-order valence-corrected chi connectivity index (χ4v) is 3.90. The molecule has 11 heteroatoms. The van der Waals surface area contributed by atoms with Crippen LogP contribution in [0.15, 0.2) is 77.3 Å². The van der Waals surface area contributed by atoms with Crippen LogP contribution in [0.4, 0.5) is 5.69 Å². The highest BCUT2D eigenvalue weighted by molar-refractivity contribution is 6.07. The molecular formula is C23H19N7O4. The van der Waals surface area contributed by atoms with Crippen LogP contribution in [-0.4, -0.2) is 46.8 Å². The second kappa shape index (κ2) is 9.25. The number of H-pyrrole nitrogens is 1. The van der Waals surface area contributed by atoms with E-state index < -0.39 is 17.9 Å². The number of nitrogens with one attached hydrogen (secondary N) is 1. The zero-order chi connectivity index (χ0) is 24.2. The molecule has 4 rings (SSSR count). The zero-order valence-corrected chi connectivity index (χ0v) is 18.2. The monoisotopic (exact) mass is 457 g/mol. The van der Waals surface area contributed by atoms with Crippen molar-refractivity contribution in [2.45, 2.75) is 5.92 Å². The molecule has 1 aromatic heterocycles. The SMILES string of the molecule is COC(=O)C1=C(C(=O)OC)N(c2ccccc2-c2nn[nH]n2)C(N)=C(C#N)C1c1ccccc1. The summed E-state index contributed by atoms with van der Waals surface area (Å²) < 4.78 is 10.1. The Balaban J connectivity index is 2.09. The highest BCUT2D eigenvalue weighted by atomic mass is 16.5. The molecule has 11 nitrogen and oxygen atoms in total. The lowest BCUT2D eigenvalue weighted by Crippen LogP contribution is -2.41. The maximum atomic E-state index is 13.2. The summed E-state index contributed by atoms with van der Waals surface area (Å²) in [5, 5.41) is 24.1. The number of benzene rings is 2. The molecule has 3 N–H and O–H groups in total.